The molecule has 2 aliphatic rings. The molecule has 2 saturated heterocycles. The third-order valence-electron chi connectivity index (χ3n) is 8.02. The first kappa shape index (κ1) is 29.8. The first-order chi connectivity index (χ1) is 20.1. The van der Waals surface area contributed by atoms with Crippen molar-refractivity contribution in [1.29, 1.82) is 0 Å². The van der Waals surface area contributed by atoms with Crippen LogP contribution in [0.5, 0.6) is 5.75 Å². The van der Waals surface area contributed by atoms with Crippen molar-refractivity contribution < 1.29 is 19.1 Å². The molecule has 3 heterocycles. The zero-order valence-electron chi connectivity index (χ0n) is 25.1. The van der Waals surface area contributed by atoms with Gasteiger partial charge in [0.05, 0.1) is 30.3 Å². The Morgan fingerprint density at radius 1 is 0.952 bits per heavy atom. The lowest BCUT2D eigenvalue weighted by Crippen LogP contribution is -2.49. The minimum atomic E-state index is -0.549. The maximum atomic E-state index is 14.1. The summed E-state index contributed by atoms with van der Waals surface area (Å²) in [4.78, 5) is 32.7. The lowest BCUT2D eigenvalue weighted by atomic mass is 9.90. The van der Waals surface area contributed by atoms with Crippen LogP contribution >= 0.6 is 11.6 Å². The Kier molecular flexibility index (Phi) is 8.68. The number of anilines is 1. The molecule has 0 unspecified atom stereocenters. The number of ether oxygens (including phenoxy) is 2. The average molecular weight is 594 g/mol. The van der Waals surface area contributed by atoms with Crippen LogP contribution in [-0.2, 0) is 4.74 Å². The van der Waals surface area contributed by atoms with Gasteiger partial charge in [-0.05, 0) is 70.4 Å². The summed E-state index contributed by atoms with van der Waals surface area (Å²) >= 11 is 6.50. The lowest BCUT2D eigenvalue weighted by molar-refractivity contribution is 0.0203. The molecule has 1 aromatic heterocycles. The predicted molar refractivity (Wildman–Crippen MR) is 164 cm³/mol. The SMILES string of the molecule is COc1cccc(N2CCN(C(=O)c3cnn(-c4cccc(Cl)c4C)c3C3CCN(C(=O)OC(C)(C)C)CC3)CC2)c1. The van der Waals surface area contributed by atoms with E-state index in [1.807, 2.05) is 73.7 Å². The van der Waals surface area contributed by atoms with E-state index in [0.29, 0.717) is 49.6 Å². The molecule has 2 fully saturated rings. The Hall–Kier alpha value is -3.72. The summed E-state index contributed by atoms with van der Waals surface area (Å²) in [5.41, 5.74) is 3.79. The summed E-state index contributed by atoms with van der Waals surface area (Å²) in [5, 5.41) is 5.39. The fraction of sp³-hybridized carbons (Fsp3) is 0.469. The molecule has 0 atom stereocenters. The zero-order chi connectivity index (χ0) is 30.0. The highest BCUT2D eigenvalue weighted by atomic mass is 35.5. The minimum Gasteiger partial charge on any atom is -0.497 e. The second-order valence-corrected chi connectivity index (χ2v) is 12.4. The van der Waals surface area contributed by atoms with Crippen molar-refractivity contribution in [2.75, 3.05) is 51.3 Å². The molecule has 0 spiro atoms. The molecule has 10 heteroatoms. The molecule has 2 aromatic carbocycles. The van der Waals surface area contributed by atoms with Crippen molar-refractivity contribution in [3.8, 4) is 11.4 Å². The van der Waals surface area contributed by atoms with Gasteiger partial charge in [0.2, 0.25) is 0 Å². The van der Waals surface area contributed by atoms with Gasteiger partial charge < -0.3 is 24.2 Å². The highest BCUT2D eigenvalue weighted by Crippen LogP contribution is 2.35. The van der Waals surface area contributed by atoms with Crippen LogP contribution in [0, 0.1) is 6.92 Å². The molecule has 2 amide bonds. The van der Waals surface area contributed by atoms with Crippen LogP contribution in [0.2, 0.25) is 5.02 Å². The van der Waals surface area contributed by atoms with E-state index in [1.165, 1.54) is 0 Å². The number of benzene rings is 2. The monoisotopic (exact) mass is 593 g/mol. The smallest absolute Gasteiger partial charge is 0.410 e. The van der Waals surface area contributed by atoms with Gasteiger partial charge >= 0.3 is 6.09 Å². The molecule has 9 nitrogen and oxygen atoms in total. The zero-order valence-corrected chi connectivity index (χ0v) is 25.9. The Balaban J connectivity index is 1.38. The second-order valence-electron chi connectivity index (χ2n) is 12.0. The van der Waals surface area contributed by atoms with Crippen molar-refractivity contribution in [3.05, 3.63) is 70.5 Å². The Bertz CT molecular complexity index is 1430. The van der Waals surface area contributed by atoms with E-state index < -0.39 is 5.60 Å². The molecule has 0 aliphatic carbocycles. The van der Waals surface area contributed by atoms with E-state index in [-0.39, 0.29) is 17.9 Å². The number of likely N-dealkylation sites (tertiary alicyclic amines) is 1. The van der Waals surface area contributed by atoms with E-state index in [9.17, 15) is 9.59 Å². The molecule has 0 radical (unpaired) electrons. The number of hydrogen-bond donors (Lipinski definition) is 0. The van der Waals surface area contributed by atoms with E-state index in [4.69, 9.17) is 26.2 Å². The maximum absolute atomic E-state index is 14.1. The van der Waals surface area contributed by atoms with Gasteiger partial charge in [-0.15, -0.1) is 0 Å². The minimum absolute atomic E-state index is 0.0178. The summed E-state index contributed by atoms with van der Waals surface area (Å²) < 4.78 is 12.9. The topological polar surface area (TPSA) is 80.1 Å². The van der Waals surface area contributed by atoms with E-state index in [2.05, 4.69) is 11.0 Å². The number of hydrogen-bond acceptors (Lipinski definition) is 6. The average Bonchev–Trinajstić information content (AvgIpc) is 3.42. The van der Waals surface area contributed by atoms with Crippen molar-refractivity contribution in [2.45, 2.75) is 52.1 Å². The summed E-state index contributed by atoms with van der Waals surface area (Å²) in [5.74, 6) is 0.842. The predicted octanol–water partition coefficient (Wildman–Crippen LogP) is 5.92. The highest BCUT2D eigenvalue weighted by Gasteiger charge is 2.34. The number of piperazine rings is 1. The van der Waals surface area contributed by atoms with Crippen molar-refractivity contribution in [3.63, 3.8) is 0 Å². The first-order valence-corrected chi connectivity index (χ1v) is 14.9. The number of amides is 2. The molecular weight excluding hydrogens is 554 g/mol. The molecule has 2 aliphatic heterocycles. The highest BCUT2D eigenvalue weighted by molar-refractivity contribution is 6.31. The largest absolute Gasteiger partial charge is 0.497 e. The van der Waals surface area contributed by atoms with Crippen LogP contribution in [0.3, 0.4) is 0 Å². The molecule has 0 N–H and O–H groups in total. The molecule has 42 heavy (non-hydrogen) atoms. The Morgan fingerprint density at radius 2 is 1.64 bits per heavy atom. The summed E-state index contributed by atoms with van der Waals surface area (Å²) in [6, 6.07) is 13.8. The van der Waals surface area contributed by atoms with Crippen molar-refractivity contribution >= 4 is 29.3 Å². The van der Waals surface area contributed by atoms with Gasteiger partial charge in [-0.3, -0.25) is 4.79 Å². The third-order valence-corrected chi connectivity index (χ3v) is 8.43. The first-order valence-electron chi connectivity index (χ1n) is 14.6. The fourth-order valence-corrected chi connectivity index (χ4v) is 5.91. The van der Waals surface area contributed by atoms with E-state index in [1.54, 1.807) is 18.2 Å². The van der Waals surface area contributed by atoms with Gasteiger partial charge in [0.15, 0.2) is 0 Å². The normalized spacial score (nSPS) is 16.5. The van der Waals surface area contributed by atoms with Gasteiger partial charge in [-0.2, -0.15) is 5.10 Å². The van der Waals surface area contributed by atoms with Gasteiger partial charge in [-0.25, -0.2) is 9.48 Å². The van der Waals surface area contributed by atoms with Gasteiger partial charge in [0.25, 0.3) is 5.91 Å². The van der Waals surface area contributed by atoms with Crippen LogP contribution in [-0.4, -0.2) is 83.6 Å². The van der Waals surface area contributed by atoms with Crippen LogP contribution in [0.15, 0.2) is 48.7 Å². The Labute approximate surface area is 252 Å². The van der Waals surface area contributed by atoms with E-state index in [0.717, 1.165) is 41.5 Å². The number of methoxy groups -OCH3 is 1. The molecule has 0 saturated carbocycles. The van der Waals surface area contributed by atoms with Gasteiger partial charge in [-0.1, -0.05) is 23.7 Å². The fourth-order valence-electron chi connectivity index (χ4n) is 5.74. The molecule has 5 rings (SSSR count). The quantitative estimate of drug-likeness (QED) is 0.365. The summed E-state index contributed by atoms with van der Waals surface area (Å²) in [6.07, 6.45) is 2.81. The molecular formula is C32H40ClN5O4. The lowest BCUT2D eigenvalue weighted by Gasteiger charge is -2.37. The van der Waals surface area contributed by atoms with Gasteiger partial charge in [0.1, 0.15) is 11.4 Å². The molecule has 224 valence electrons. The summed E-state index contributed by atoms with van der Waals surface area (Å²) in [6.45, 7) is 11.3. The maximum Gasteiger partial charge on any atom is 0.410 e. The van der Waals surface area contributed by atoms with Crippen LogP contribution < -0.4 is 9.64 Å². The number of carbonyl (C=O) groups excluding carboxylic acids is 2. The van der Waals surface area contributed by atoms with E-state index >= 15 is 0 Å². The third kappa shape index (κ3) is 6.36. The number of nitrogens with zero attached hydrogens (tertiary/aromatic N) is 5. The van der Waals surface area contributed by atoms with Crippen molar-refractivity contribution in [1.82, 2.24) is 19.6 Å². The van der Waals surface area contributed by atoms with Gasteiger partial charge in [0, 0.05) is 62.0 Å². The number of rotatable bonds is 5. The standard InChI is InChI=1S/C32H40ClN5O4/c1-22-27(33)10-7-11-28(22)38-29(23-12-14-37(15-13-23)31(40)42-32(2,3)4)26(21-34-38)30(39)36-18-16-35(17-19-36)24-8-6-9-25(20-24)41-5/h6-11,20-21,23H,12-19H2,1-5H3. The molecule has 3 aromatic rings. The van der Waals surface area contributed by atoms with Crippen LogP contribution in [0.25, 0.3) is 5.69 Å². The van der Waals surface area contributed by atoms with Crippen LogP contribution in [0.4, 0.5) is 10.5 Å². The Morgan fingerprint density at radius 3 is 2.31 bits per heavy atom. The second kappa shape index (κ2) is 12.3. The number of halogens is 1. The number of aromatic nitrogens is 2. The molecule has 0 bridgehead atoms. The number of carbonyl (C=O) groups is 2. The summed E-state index contributed by atoms with van der Waals surface area (Å²) in [7, 11) is 1.67. The number of piperidine rings is 1. The van der Waals surface area contributed by atoms with Crippen LogP contribution in [0.1, 0.15) is 61.1 Å². The van der Waals surface area contributed by atoms with Crippen molar-refractivity contribution in [2.24, 2.45) is 0 Å².